The van der Waals surface area contributed by atoms with Crippen molar-refractivity contribution in [3.8, 4) is 5.75 Å². The Labute approximate surface area is 214 Å². The predicted molar refractivity (Wildman–Crippen MR) is 145 cm³/mol. The van der Waals surface area contributed by atoms with Crippen molar-refractivity contribution in [2.45, 2.75) is 32.3 Å². The maximum Gasteiger partial charge on any atom is 0.259 e. The van der Waals surface area contributed by atoms with Gasteiger partial charge in [0.1, 0.15) is 17.4 Å². The van der Waals surface area contributed by atoms with Crippen molar-refractivity contribution in [3.63, 3.8) is 0 Å². The largest absolute Gasteiger partial charge is 0.489 e. The number of hydrogen-bond donors (Lipinski definition) is 1. The van der Waals surface area contributed by atoms with Crippen LogP contribution in [0.2, 0.25) is 5.02 Å². The van der Waals surface area contributed by atoms with Crippen molar-refractivity contribution < 1.29 is 9.53 Å². The lowest BCUT2D eigenvalue weighted by Crippen LogP contribution is -2.14. The van der Waals surface area contributed by atoms with E-state index in [4.69, 9.17) is 21.3 Å². The van der Waals surface area contributed by atoms with Gasteiger partial charge in [-0.15, -0.1) is 11.3 Å². The van der Waals surface area contributed by atoms with Crippen molar-refractivity contribution >= 4 is 45.7 Å². The number of fused-ring (bicyclic) bond motifs is 1. The number of hydrogen-bond acceptors (Lipinski definition) is 4. The number of para-hydroxylation sites is 1. The molecule has 6 heteroatoms. The van der Waals surface area contributed by atoms with E-state index in [1.165, 1.54) is 4.88 Å². The standard InChI is InChI=1S/C29H25ClN2O2S/c30-25-15-6-4-10-21(25)19-34-23-13-8-9-20(17-23)18-31-29-27(24-14-5-7-16-26(24)35-29)28(33)32-22-11-2-1-3-12-22/h1-4,6,8-13,15,17-18H,5,7,14,16,19H2,(H,32,33). The lowest BCUT2D eigenvalue weighted by molar-refractivity contribution is 0.102. The molecule has 1 aliphatic carbocycles. The van der Waals surface area contributed by atoms with Crippen LogP contribution in [-0.2, 0) is 19.4 Å². The van der Waals surface area contributed by atoms with Gasteiger partial charge in [-0.3, -0.25) is 4.79 Å². The van der Waals surface area contributed by atoms with Gasteiger partial charge in [0, 0.05) is 27.4 Å². The average Bonchev–Trinajstić information content (AvgIpc) is 3.26. The smallest absolute Gasteiger partial charge is 0.259 e. The Balaban J connectivity index is 1.37. The van der Waals surface area contributed by atoms with Gasteiger partial charge in [-0.2, -0.15) is 0 Å². The van der Waals surface area contributed by atoms with E-state index in [0.29, 0.717) is 17.2 Å². The van der Waals surface area contributed by atoms with Crippen LogP contribution in [0.3, 0.4) is 0 Å². The van der Waals surface area contributed by atoms with Crippen LogP contribution in [0.4, 0.5) is 10.7 Å². The van der Waals surface area contributed by atoms with Gasteiger partial charge in [-0.1, -0.05) is 60.1 Å². The molecule has 4 aromatic rings. The average molecular weight is 501 g/mol. The zero-order valence-electron chi connectivity index (χ0n) is 19.2. The van der Waals surface area contributed by atoms with E-state index in [1.807, 2.05) is 78.9 Å². The van der Waals surface area contributed by atoms with Crippen LogP contribution < -0.4 is 10.1 Å². The molecule has 0 bridgehead atoms. The fraction of sp³-hybridized carbons (Fsp3) is 0.172. The molecule has 0 radical (unpaired) electrons. The molecule has 1 amide bonds. The SMILES string of the molecule is O=C(Nc1ccccc1)c1c(N=Cc2cccc(OCc3ccccc3Cl)c2)sc2c1CCCC2. The Hall–Kier alpha value is -3.41. The number of carbonyl (C=O) groups is 1. The molecule has 176 valence electrons. The summed E-state index contributed by atoms with van der Waals surface area (Å²) in [6.07, 6.45) is 5.99. The number of nitrogens with one attached hydrogen (secondary N) is 1. The summed E-state index contributed by atoms with van der Waals surface area (Å²) in [6.45, 7) is 0.391. The number of rotatable bonds is 7. The van der Waals surface area contributed by atoms with Crippen LogP contribution in [0.25, 0.3) is 0 Å². The Morgan fingerprint density at radius 2 is 1.80 bits per heavy atom. The van der Waals surface area contributed by atoms with Crippen molar-refractivity contribution in [3.05, 3.63) is 111 Å². The summed E-state index contributed by atoms with van der Waals surface area (Å²) in [5.74, 6) is 0.640. The summed E-state index contributed by atoms with van der Waals surface area (Å²) in [5, 5.41) is 4.49. The highest BCUT2D eigenvalue weighted by Crippen LogP contribution is 2.40. The number of ether oxygens (including phenoxy) is 1. The summed E-state index contributed by atoms with van der Waals surface area (Å²) < 4.78 is 5.95. The van der Waals surface area contributed by atoms with Crippen LogP contribution in [0, 0.1) is 0 Å². The maximum absolute atomic E-state index is 13.3. The van der Waals surface area contributed by atoms with E-state index < -0.39 is 0 Å². The number of carbonyl (C=O) groups excluding carboxylic acids is 1. The first-order chi connectivity index (χ1) is 17.2. The summed E-state index contributed by atoms with van der Waals surface area (Å²) in [4.78, 5) is 19.3. The molecule has 1 aliphatic rings. The lowest BCUT2D eigenvalue weighted by atomic mass is 9.95. The van der Waals surface area contributed by atoms with Crippen molar-refractivity contribution in [1.82, 2.24) is 0 Å². The molecule has 0 saturated heterocycles. The van der Waals surface area contributed by atoms with Crippen LogP contribution >= 0.6 is 22.9 Å². The number of nitrogens with zero attached hydrogens (tertiary/aromatic N) is 1. The molecule has 4 nitrogen and oxygen atoms in total. The second kappa shape index (κ2) is 10.9. The van der Waals surface area contributed by atoms with Crippen LogP contribution in [0.1, 0.15) is 44.8 Å². The first kappa shape index (κ1) is 23.3. The number of amides is 1. The first-order valence-electron chi connectivity index (χ1n) is 11.7. The van der Waals surface area contributed by atoms with Crippen molar-refractivity contribution in [2.75, 3.05) is 5.32 Å². The normalized spacial score (nSPS) is 12.9. The number of aliphatic imine (C=N–C) groups is 1. The fourth-order valence-corrected chi connectivity index (χ4v) is 5.61. The van der Waals surface area contributed by atoms with Gasteiger partial charge < -0.3 is 10.1 Å². The third kappa shape index (κ3) is 5.64. The van der Waals surface area contributed by atoms with Crippen molar-refractivity contribution in [1.29, 1.82) is 0 Å². The zero-order chi connectivity index (χ0) is 24.0. The van der Waals surface area contributed by atoms with E-state index in [2.05, 4.69) is 5.32 Å². The van der Waals surface area contributed by atoms with E-state index in [9.17, 15) is 4.79 Å². The highest BCUT2D eigenvalue weighted by Gasteiger charge is 2.25. The molecule has 0 atom stereocenters. The van der Waals surface area contributed by atoms with E-state index in [-0.39, 0.29) is 5.91 Å². The Kier molecular flexibility index (Phi) is 7.26. The summed E-state index contributed by atoms with van der Waals surface area (Å²) >= 11 is 7.87. The minimum absolute atomic E-state index is 0.0976. The quantitative estimate of drug-likeness (QED) is 0.262. The van der Waals surface area contributed by atoms with Crippen molar-refractivity contribution in [2.24, 2.45) is 4.99 Å². The molecule has 35 heavy (non-hydrogen) atoms. The van der Waals surface area contributed by atoms with Crippen LogP contribution in [0.15, 0.2) is 83.9 Å². The molecule has 1 heterocycles. The third-order valence-corrected chi connectivity index (χ3v) is 7.52. The van der Waals surface area contributed by atoms with Crippen LogP contribution in [0.5, 0.6) is 5.75 Å². The van der Waals surface area contributed by atoms with Gasteiger partial charge in [-0.05, 0) is 67.1 Å². The summed E-state index contributed by atoms with van der Waals surface area (Å²) in [7, 11) is 0. The molecule has 3 aromatic carbocycles. The van der Waals surface area contributed by atoms with Gasteiger partial charge in [0.15, 0.2) is 0 Å². The molecule has 1 aromatic heterocycles. The Morgan fingerprint density at radius 3 is 2.66 bits per heavy atom. The molecule has 0 aliphatic heterocycles. The third-order valence-electron chi connectivity index (χ3n) is 5.95. The highest BCUT2D eigenvalue weighted by molar-refractivity contribution is 7.16. The van der Waals surface area contributed by atoms with Gasteiger partial charge >= 0.3 is 0 Å². The minimum atomic E-state index is -0.0976. The minimum Gasteiger partial charge on any atom is -0.489 e. The second-order valence-corrected chi connectivity index (χ2v) is 9.91. The second-order valence-electron chi connectivity index (χ2n) is 8.42. The van der Waals surface area contributed by atoms with E-state index in [0.717, 1.165) is 58.8 Å². The monoisotopic (exact) mass is 500 g/mol. The van der Waals surface area contributed by atoms with E-state index in [1.54, 1.807) is 17.6 Å². The summed E-state index contributed by atoms with van der Waals surface area (Å²) in [6, 6.07) is 25.0. The topological polar surface area (TPSA) is 50.7 Å². The first-order valence-corrected chi connectivity index (χ1v) is 12.9. The molecule has 0 spiro atoms. The van der Waals surface area contributed by atoms with Gasteiger partial charge in [-0.25, -0.2) is 4.99 Å². The van der Waals surface area contributed by atoms with Gasteiger partial charge in [0.05, 0.1) is 5.56 Å². The molecule has 5 rings (SSSR count). The molecular weight excluding hydrogens is 476 g/mol. The molecular formula is C29H25ClN2O2S. The lowest BCUT2D eigenvalue weighted by Gasteiger charge is -2.12. The number of thiophene rings is 1. The number of benzene rings is 3. The van der Waals surface area contributed by atoms with Gasteiger partial charge in [0.25, 0.3) is 5.91 Å². The number of anilines is 1. The van der Waals surface area contributed by atoms with E-state index >= 15 is 0 Å². The number of aryl methyl sites for hydroxylation is 1. The number of halogens is 1. The van der Waals surface area contributed by atoms with Crippen LogP contribution in [-0.4, -0.2) is 12.1 Å². The molecule has 0 unspecified atom stereocenters. The maximum atomic E-state index is 13.3. The molecule has 0 saturated carbocycles. The molecule has 0 fully saturated rings. The zero-order valence-corrected chi connectivity index (χ0v) is 20.7. The predicted octanol–water partition coefficient (Wildman–Crippen LogP) is 7.86. The highest BCUT2D eigenvalue weighted by atomic mass is 35.5. The summed E-state index contributed by atoms with van der Waals surface area (Å²) in [5.41, 5.74) is 4.48. The Bertz CT molecular complexity index is 1360. The molecule has 1 N–H and O–H groups in total. The fourth-order valence-electron chi connectivity index (χ4n) is 4.19. The van der Waals surface area contributed by atoms with Gasteiger partial charge in [0.2, 0.25) is 0 Å². The Morgan fingerprint density at radius 1 is 1.00 bits per heavy atom.